The molecule has 13 bridgehead atoms. The smallest absolute Gasteiger partial charge is 0.249 e. The minimum atomic E-state index is -1.76. The van der Waals surface area contributed by atoms with Gasteiger partial charge in [0.05, 0.1) is 58.4 Å². The third-order valence-electron chi connectivity index (χ3n) is 19.1. The number of rotatable bonds is 5. The molecule has 0 spiro atoms. The Hall–Kier alpha value is -9.90. The summed E-state index contributed by atoms with van der Waals surface area (Å²) >= 11 is 0. The van der Waals surface area contributed by atoms with Crippen LogP contribution in [0.5, 0.6) is 5.75 Å². The minimum Gasteiger partial charge on any atom is -0.497 e. The van der Waals surface area contributed by atoms with Crippen LogP contribution in [0, 0.1) is 5.82 Å². The SMILES string of the molecule is COc1ccc(C[C@@H]2NC(=O)[C@H]([C@@H](C)O)NC(=O)[C@@H]3[C@@H]4CCN3C(=O)[C@@H]3Cc5cn(c6ccc(F)cc56)Cc5cn(nn5)Cc5cc(ccc5CNC(=O)CCOCCC(=O)N[C@H](C[NH3+])C(=O)N[C@@H](Cc5cccc(c5)C/C=C/CO4)C(=O)N3)CCNC(=O)[C@]3(C)CCCN3C2=O)cc1. The quantitative estimate of drug-likeness (QED) is 0.104. The number of hydrogen-bond acceptors (Lipinski definition) is 15. The standard InChI is InChI=1S/C71H85FN14O13/c1-42(87)62-66(92)79-55(32-44-12-16-52(97-3)17-13-44)69(95)86-25-7-23-71(86,2)70(96)74-24-19-45-11-14-47-37-75-60(88)21-28-98-29-22-61(89)76-57(36-73)65(91)77-54-33-46-10-6-9-43(30-46)8-4-5-27-99-59-20-26-85(63(59)67(93)80-62)68(94)56(78-64(54)90)34-49-38-83(58-18-15-50(72)35-53(49)58)40-51-41-84(82-81-51)39-48(47)31-45/h4-6,9-18,30-31,35,38,41-42,54-57,59,62-63,87H,7-8,19-29,32-34,36-37,39-40,73H2,1-3H3,(H,74,96)(H,75,88)(H,76,89)(H,77,91)(H,78,90)(H,79,92)(H,80,93)/p+1/b5-4+/t42-,54+,55+,56+,57-,59+,62+,63+,71+/m1/s1. The Labute approximate surface area is 571 Å². The van der Waals surface area contributed by atoms with Crippen molar-refractivity contribution >= 4 is 64.1 Å². The number of benzene rings is 4. The van der Waals surface area contributed by atoms with Crippen LogP contribution in [0.3, 0.4) is 0 Å². The predicted molar refractivity (Wildman–Crippen MR) is 357 cm³/mol. The Balaban J connectivity index is 1.04. The van der Waals surface area contributed by atoms with Crippen LogP contribution in [0.4, 0.5) is 4.39 Å². The van der Waals surface area contributed by atoms with E-state index in [9.17, 15) is 24.3 Å². The lowest BCUT2D eigenvalue weighted by Gasteiger charge is -2.37. The van der Waals surface area contributed by atoms with Gasteiger partial charge in [0, 0.05) is 75.4 Å². The van der Waals surface area contributed by atoms with E-state index in [-0.39, 0.29) is 116 Å². The van der Waals surface area contributed by atoms with Crippen LogP contribution < -0.4 is 47.7 Å². The van der Waals surface area contributed by atoms with Gasteiger partial charge in [-0.3, -0.25) is 43.2 Å². The Morgan fingerprint density at radius 2 is 1.53 bits per heavy atom. The van der Waals surface area contributed by atoms with Crippen molar-refractivity contribution < 1.29 is 72.6 Å². The van der Waals surface area contributed by atoms with Crippen LogP contribution in [0.1, 0.15) is 90.6 Å². The van der Waals surface area contributed by atoms with Gasteiger partial charge in [-0.15, -0.1) is 5.10 Å². The molecule has 4 aromatic carbocycles. The van der Waals surface area contributed by atoms with E-state index in [4.69, 9.17) is 14.2 Å². The number of quaternary nitrogens is 1. The lowest BCUT2D eigenvalue weighted by atomic mass is 9.95. The summed E-state index contributed by atoms with van der Waals surface area (Å²) in [6, 6.07) is 15.2. The monoisotopic (exact) mass is 1360 g/mol. The van der Waals surface area contributed by atoms with Crippen molar-refractivity contribution in [3.05, 3.63) is 160 Å². The first kappa shape index (κ1) is 70.4. The number of carbonyl (C=O) groups excluding carboxylic acids is 9. The maximum absolute atomic E-state index is 16.0. The second-order valence-corrected chi connectivity index (χ2v) is 26.1. The first-order valence-electron chi connectivity index (χ1n) is 33.7. The fourth-order valence-corrected chi connectivity index (χ4v) is 13.7. The molecule has 2 fully saturated rings. The van der Waals surface area contributed by atoms with Gasteiger partial charge in [-0.2, -0.15) is 0 Å². The molecule has 0 aliphatic carbocycles. The maximum atomic E-state index is 16.0. The summed E-state index contributed by atoms with van der Waals surface area (Å²) < 4.78 is 36.8. The molecule has 9 amide bonds. The Kier molecular flexibility index (Phi) is 22.6. The molecule has 2 aromatic heterocycles. The zero-order valence-electron chi connectivity index (χ0n) is 55.8. The van der Waals surface area contributed by atoms with E-state index < -0.39 is 107 Å². The number of nitrogens with zero attached hydrogens (tertiary/aromatic N) is 6. The van der Waals surface area contributed by atoms with Crippen molar-refractivity contribution in [3.63, 3.8) is 0 Å². The topological polar surface area (TPSA) is 356 Å². The van der Waals surface area contributed by atoms with Gasteiger partial charge in [-0.1, -0.05) is 72.0 Å². The molecule has 5 aliphatic rings. The highest BCUT2D eigenvalue weighted by molar-refractivity contribution is 5.99. The van der Waals surface area contributed by atoms with E-state index in [2.05, 4.69) is 53.3 Å². The molecule has 99 heavy (non-hydrogen) atoms. The van der Waals surface area contributed by atoms with Gasteiger partial charge in [0.2, 0.25) is 53.2 Å². The molecule has 27 nitrogen and oxygen atoms in total. The van der Waals surface area contributed by atoms with Crippen LogP contribution in [-0.4, -0.2) is 195 Å². The predicted octanol–water partition coefficient (Wildman–Crippen LogP) is 0.130. The first-order chi connectivity index (χ1) is 47.7. The van der Waals surface area contributed by atoms with Crippen LogP contribution in [0.25, 0.3) is 10.9 Å². The zero-order chi connectivity index (χ0) is 69.9. The molecule has 7 heterocycles. The number of aromatic nitrogens is 4. The van der Waals surface area contributed by atoms with Crippen LogP contribution in [0.15, 0.2) is 109 Å². The third-order valence-corrected chi connectivity index (χ3v) is 19.1. The van der Waals surface area contributed by atoms with Gasteiger partial charge in [-0.05, 0) is 115 Å². The van der Waals surface area contributed by atoms with Gasteiger partial charge in [0.15, 0.2) is 6.04 Å². The molecule has 11 N–H and O–H groups in total. The summed E-state index contributed by atoms with van der Waals surface area (Å²) in [7, 11) is 1.51. The average Bonchev–Trinajstić information content (AvgIpc) is 1.68. The minimum absolute atomic E-state index is 0.0300. The molecule has 5 aliphatic heterocycles. The summed E-state index contributed by atoms with van der Waals surface area (Å²) in [4.78, 5) is 136. The number of nitrogens with one attached hydrogen (secondary N) is 7. The summed E-state index contributed by atoms with van der Waals surface area (Å²) in [6.07, 6.45) is 5.19. The van der Waals surface area contributed by atoms with Crippen molar-refractivity contribution in [2.45, 2.75) is 152 Å². The van der Waals surface area contributed by atoms with Gasteiger partial charge in [0.25, 0.3) is 0 Å². The molecule has 11 rings (SSSR count). The van der Waals surface area contributed by atoms with Crippen molar-refractivity contribution in [1.29, 1.82) is 0 Å². The van der Waals surface area contributed by atoms with E-state index in [1.807, 2.05) is 41.0 Å². The van der Waals surface area contributed by atoms with Crippen molar-refractivity contribution in [2.24, 2.45) is 0 Å². The van der Waals surface area contributed by atoms with Gasteiger partial charge < -0.3 is 76.6 Å². The fraction of sp³-hybridized carbons (Fsp3) is 0.451. The fourth-order valence-electron chi connectivity index (χ4n) is 13.7. The van der Waals surface area contributed by atoms with E-state index in [0.717, 1.165) is 22.3 Å². The highest BCUT2D eigenvalue weighted by Gasteiger charge is 2.49. The lowest BCUT2D eigenvalue weighted by Crippen LogP contribution is -2.66. The summed E-state index contributed by atoms with van der Waals surface area (Å²) in [6.45, 7) is 3.21. The Morgan fingerprint density at radius 1 is 0.737 bits per heavy atom. The molecule has 524 valence electrons. The molecule has 0 saturated carbocycles. The largest absolute Gasteiger partial charge is 0.497 e. The van der Waals surface area contributed by atoms with Crippen LogP contribution in [0.2, 0.25) is 0 Å². The van der Waals surface area contributed by atoms with E-state index >= 15 is 28.4 Å². The molecular weight excluding hydrogens is 1280 g/mol. The molecule has 0 unspecified atom stereocenters. The second kappa shape index (κ2) is 31.7. The molecule has 2 saturated heterocycles. The number of ether oxygens (including phenoxy) is 3. The van der Waals surface area contributed by atoms with Crippen molar-refractivity contribution in [1.82, 2.24) is 66.6 Å². The number of halogens is 1. The molecule has 28 heteroatoms. The number of hydrogen-bond donors (Lipinski definition) is 9. The van der Waals surface area contributed by atoms with Gasteiger partial charge in [0.1, 0.15) is 59.6 Å². The third kappa shape index (κ3) is 17.0. The van der Waals surface area contributed by atoms with Crippen molar-refractivity contribution in [2.75, 3.05) is 53.1 Å². The Bertz CT molecular complexity index is 4030. The number of carbonyl (C=O) groups is 9. The lowest BCUT2D eigenvalue weighted by molar-refractivity contribution is -0.370. The average molecular weight is 1360 g/mol. The number of amides is 9. The highest BCUT2D eigenvalue weighted by Crippen LogP contribution is 2.32. The molecule has 9 atom stereocenters. The zero-order valence-corrected chi connectivity index (χ0v) is 55.8. The normalized spacial score (nSPS) is 25.4. The van der Waals surface area contributed by atoms with Gasteiger partial charge in [-0.25, -0.2) is 9.07 Å². The van der Waals surface area contributed by atoms with E-state index in [1.54, 1.807) is 72.5 Å². The molecular formula is C71H86FN14O13+. The molecule has 0 radical (unpaired) electrons. The molecule has 6 aromatic rings. The number of methoxy groups -OCH3 is 1. The number of aliphatic hydroxyl groups is 1. The van der Waals surface area contributed by atoms with E-state index in [0.29, 0.717) is 58.3 Å². The Morgan fingerprint density at radius 3 is 2.31 bits per heavy atom. The van der Waals surface area contributed by atoms with Gasteiger partial charge >= 0.3 is 0 Å². The number of fused-ring (bicyclic) bond motifs is 7. The first-order valence-corrected chi connectivity index (χ1v) is 33.7. The summed E-state index contributed by atoms with van der Waals surface area (Å²) in [5.74, 6) is -6.31. The van der Waals surface area contributed by atoms with E-state index in [1.165, 1.54) is 36.0 Å². The summed E-state index contributed by atoms with van der Waals surface area (Å²) in [5, 5.41) is 41.1. The number of aliphatic hydroxyl groups excluding tert-OH is 1. The summed E-state index contributed by atoms with van der Waals surface area (Å²) in [5.41, 5.74) is 8.29. The number of allylic oxidation sites excluding steroid dienone is 1. The van der Waals surface area contributed by atoms with Crippen LogP contribution in [-0.2, 0) is 104 Å². The van der Waals surface area contributed by atoms with Crippen molar-refractivity contribution in [3.8, 4) is 5.75 Å². The maximum Gasteiger partial charge on any atom is 0.249 e. The van der Waals surface area contributed by atoms with Crippen LogP contribution >= 0.6 is 0 Å². The second-order valence-electron chi connectivity index (χ2n) is 26.1. The highest BCUT2D eigenvalue weighted by atomic mass is 19.1.